The van der Waals surface area contributed by atoms with E-state index >= 15 is 0 Å². The summed E-state index contributed by atoms with van der Waals surface area (Å²) in [5.41, 5.74) is 2.68. The molecule has 0 unspecified atom stereocenters. The zero-order chi connectivity index (χ0) is 13.5. The first-order valence-corrected chi connectivity index (χ1v) is 6.60. The van der Waals surface area contributed by atoms with Gasteiger partial charge in [-0.15, -0.1) is 0 Å². The maximum absolute atomic E-state index is 13.4. The van der Waals surface area contributed by atoms with Gasteiger partial charge in [-0.1, -0.05) is 15.9 Å². The Morgan fingerprint density at radius 2 is 1.94 bits per heavy atom. The quantitative estimate of drug-likeness (QED) is 0.757. The topological polar surface area (TPSA) is 17.8 Å². The first-order chi connectivity index (χ1) is 8.30. The molecule has 0 spiro atoms. The van der Waals surface area contributed by atoms with Gasteiger partial charge in [0, 0.05) is 10.0 Å². The molecule has 0 radical (unpaired) electrons. The predicted molar refractivity (Wildman–Crippen MR) is 75.1 cm³/mol. The molecule has 1 aromatic carbocycles. The SMILES string of the molecule is Cc1cnn(C(C)(C)C)c1-c1cc(F)ccc1Br. The van der Waals surface area contributed by atoms with Crippen LogP contribution in [0, 0.1) is 12.7 Å². The fourth-order valence-corrected chi connectivity index (χ4v) is 2.38. The molecule has 2 nitrogen and oxygen atoms in total. The number of rotatable bonds is 1. The molecule has 0 fully saturated rings. The van der Waals surface area contributed by atoms with Crippen LogP contribution in [0.5, 0.6) is 0 Å². The van der Waals surface area contributed by atoms with Crippen molar-refractivity contribution in [2.45, 2.75) is 33.2 Å². The van der Waals surface area contributed by atoms with Gasteiger partial charge in [0.15, 0.2) is 0 Å². The molecule has 4 heteroatoms. The Labute approximate surface area is 115 Å². The highest BCUT2D eigenvalue weighted by molar-refractivity contribution is 9.10. The molecule has 96 valence electrons. The van der Waals surface area contributed by atoms with Crippen LogP contribution in [0.4, 0.5) is 4.39 Å². The second-order valence-corrected chi connectivity index (χ2v) is 6.24. The van der Waals surface area contributed by atoms with Crippen molar-refractivity contribution in [1.29, 1.82) is 0 Å². The van der Waals surface area contributed by atoms with Crippen LogP contribution in [0.15, 0.2) is 28.9 Å². The van der Waals surface area contributed by atoms with Crippen LogP contribution >= 0.6 is 15.9 Å². The summed E-state index contributed by atoms with van der Waals surface area (Å²) in [6.07, 6.45) is 1.82. The van der Waals surface area contributed by atoms with Gasteiger partial charge in [0.2, 0.25) is 0 Å². The molecule has 0 aliphatic heterocycles. The van der Waals surface area contributed by atoms with E-state index in [1.54, 1.807) is 6.07 Å². The summed E-state index contributed by atoms with van der Waals surface area (Å²) >= 11 is 3.48. The number of hydrogen-bond acceptors (Lipinski definition) is 1. The lowest BCUT2D eigenvalue weighted by Crippen LogP contribution is -2.24. The van der Waals surface area contributed by atoms with Crippen LogP contribution in [-0.2, 0) is 5.54 Å². The number of halogens is 2. The minimum atomic E-state index is -0.241. The maximum Gasteiger partial charge on any atom is 0.123 e. The van der Waals surface area contributed by atoms with E-state index in [0.717, 1.165) is 21.3 Å². The molecular weight excluding hydrogens is 295 g/mol. The molecule has 1 heterocycles. The molecule has 0 amide bonds. The monoisotopic (exact) mass is 310 g/mol. The lowest BCUT2D eigenvalue weighted by molar-refractivity contribution is 0.360. The highest BCUT2D eigenvalue weighted by Crippen LogP contribution is 2.33. The van der Waals surface area contributed by atoms with Gasteiger partial charge in [0.25, 0.3) is 0 Å². The van der Waals surface area contributed by atoms with E-state index < -0.39 is 0 Å². The highest BCUT2D eigenvalue weighted by atomic mass is 79.9. The van der Waals surface area contributed by atoms with Crippen LogP contribution < -0.4 is 0 Å². The van der Waals surface area contributed by atoms with Gasteiger partial charge in [-0.2, -0.15) is 5.10 Å². The van der Waals surface area contributed by atoms with Crippen molar-refractivity contribution in [2.75, 3.05) is 0 Å². The molecule has 18 heavy (non-hydrogen) atoms. The smallest absolute Gasteiger partial charge is 0.123 e. The van der Waals surface area contributed by atoms with Crippen molar-refractivity contribution in [2.24, 2.45) is 0 Å². The molecule has 2 rings (SSSR count). The molecule has 0 N–H and O–H groups in total. The lowest BCUT2D eigenvalue weighted by Gasteiger charge is -2.23. The summed E-state index contributed by atoms with van der Waals surface area (Å²) in [6.45, 7) is 8.23. The van der Waals surface area contributed by atoms with E-state index in [4.69, 9.17) is 0 Å². The van der Waals surface area contributed by atoms with Gasteiger partial charge in [-0.05, 0) is 51.5 Å². The van der Waals surface area contributed by atoms with Crippen LogP contribution in [0.3, 0.4) is 0 Å². The van der Waals surface area contributed by atoms with Crippen molar-refractivity contribution in [1.82, 2.24) is 9.78 Å². The zero-order valence-electron chi connectivity index (χ0n) is 11.0. The van der Waals surface area contributed by atoms with Crippen molar-refractivity contribution in [3.8, 4) is 11.3 Å². The Balaban J connectivity index is 2.71. The van der Waals surface area contributed by atoms with Gasteiger partial charge >= 0.3 is 0 Å². The lowest BCUT2D eigenvalue weighted by atomic mass is 10.0. The third kappa shape index (κ3) is 2.34. The van der Waals surface area contributed by atoms with E-state index in [-0.39, 0.29) is 11.4 Å². The fraction of sp³-hybridized carbons (Fsp3) is 0.357. The van der Waals surface area contributed by atoms with Gasteiger partial charge in [-0.25, -0.2) is 4.39 Å². The zero-order valence-corrected chi connectivity index (χ0v) is 12.5. The second-order valence-electron chi connectivity index (χ2n) is 5.38. The Morgan fingerprint density at radius 1 is 1.28 bits per heavy atom. The molecule has 0 saturated heterocycles. The van der Waals surface area contributed by atoms with Gasteiger partial charge in [0.1, 0.15) is 5.82 Å². The molecular formula is C14H16BrFN2. The predicted octanol–water partition coefficient (Wildman–Crippen LogP) is 4.52. The summed E-state index contributed by atoms with van der Waals surface area (Å²) < 4.78 is 16.3. The first-order valence-electron chi connectivity index (χ1n) is 5.81. The van der Waals surface area contributed by atoms with Crippen LogP contribution in [-0.4, -0.2) is 9.78 Å². The summed E-state index contributed by atoms with van der Waals surface area (Å²) in [5.74, 6) is -0.241. The van der Waals surface area contributed by atoms with E-state index in [1.807, 2.05) is 17.8 Å². The molecule has 0 saturated carbocycles. The summed E-state index contributed by atoms with van der Waals surface area (Å²) in [5, 5.41) is 4.41. The average Bonchev–Trinajstić information content (AvgIpc) is 2.63. The van der Waals surface area contributed by atoms with E-state index in [1.165, 1.54) is 12.1 Å². The van der Waals surface area contributed by atoms with Crippen LogP contribution in [0.1, 0.15) is 26.3 Å². The Bertz CT molecular complexity index is 582. The van der Waals surface area contributed by atoms with Gasteiger partial charge < -0.3 is 0 Å². The number of benzene rings is 1. The summed E-state index contributed by atoms with van der Waals surface area (Å²) in [6, 6.07) is 4.71. The van der Waals surface area contributed by atoms with E-state index in [0.29, 0.717) is 0 Å². The van der Waals surface area contributed by atoms with E-state index in [2.05, 4.69) is 41.8 Å². The largest absolute Gasteiger partial charge is 0.259 e. The van der Waals surface area contributed by atoms with Crippen molar-refractivity contribution in [3.05, 3.63) is 40.2 Å². The van der Waals surface area contributed by atoms with E-state index in [9.17, 15) is 4.39 Å². The molecule has 0 aliphatic rings. The maximum atomic E-state index is 13.4. The number of nitrogens with zero attached hydrogens (tertiary/aromatic N) is 2. The molecule has 0 atom stereocenters. The highest BCUT2D eigenvalue weighted by Gasteiger charge is 2.22. The normalized spacial score (nSPS) is 11.9. The second kappa shape index (κ2) is 4.50. The van der Waals surface area contributed by atoms with Crippen molar-refractivity contribution >= 4 is 15.9 Å². The minimum absolute atomic E-state index is 0.144. The number of hydrogen-bond donors (Lipinski definition) is 0. The average molecular weight is 311 g/mol. The summed E-state index contributed by atoms with van der Waals surface area (Å²) in [4.78, 5) is 0. The van der Waals surface area contributed by atoms with Crippen molar-refractivity contribution < 1.29 is 4.39 Å². The molecule has 0 aliphatic carbocycles. The summed E-state index contributed by atoms with van der Waals surface area (Å²) in [7, 11) is 0. The Kier molecular flexibility index (Phi) is 3.32. The Hall–Kier alpha value is -1.16. The number of aryl methyl sites for hydroxylation is 1. The van der Waals surface area contributed by atoms with Crippen LogP contribution in [0.2, 0.25) is 0 Å². The Morgan fingerprint density at radius 3 is 2.56 bits per heavy atom. The van der Waals surface area contributed by atoms with Gasteiger partial charge in [0.05, 0.1) is 17.4 Å². The first kappa shape index (κ1) is 13.3. The van der Waals surface area contributed by atoms with Crippen LogP contribution in [0.25, 0.3) is 11.3 Å². The third-order valence-electron chi connectivity index (χ3n) is 2.77. The van der Waals surface area contributed by atoms with Gasteiger partial charge in [-0.3, -0.25) is 4.68 Å². The standard InChI is InChI=1S/C14H16BrFN2/c1-9-8-17-18(14(2,3)4)13(9)11-7-10(16)5-6-12(11)15/h5-8H,1-4H3. The molecule has 0 bridgehead atoms. The molecule has 2 aromatic rings. The fourth-order valence-electron chi connectivity index (χ4n) is 1.94. The van der Waals surface area contributed by atoms with Crippen molar-refractivity contribution in [3.63, 3.8) is 0 Å². The molecule has 1 aromatic heterocycles. The number of aromatic nitrogens is 2. The minimum Gasteiger partial charge on any atom is -0.259 e. The third-order valence-corrected chi connectivity index (χ3v) is 3.46.